The van der Waals surface area contributed by atoms with Crippen LogP contribution in [0.1, 0.15) is 39.8 Å². The standard InChI is InChI=1S/C16H20N4O/c1-10-14(17)15(20(3)18-10)16(21)19(2)13-9-8-11-6-4-5-7-12(11)13/h4-7,13H,8-9,17H2,1-3H3. The molecule has 0 aliphatic heterocycles. The van der Waals surface area contributed by atoms with Crippen molar-refractivity contribution in [2.45, 2.75) is 25.8 Å². The molecule has 0 bridgehead atoms. The number of nitrogens with zero attached hydrogens (tertiary/aromatic N) is 3. The number of rotatable bonds is 2. The van der Waals surface area contributed by atoms with Crippen LogP contribution < -0.4 is 5.73 Å². The predicted octanol–water partition coefficient (Wildman–Crippen LogP) is 2.07. The molecule has 5 nitrogen and oxygen atoms in total. The summed E-state index contributed by atoms with van der Waals surface area (Å²) in [6.45, 7) is 1.82. The Morgan fingerprint density at radius 1 is 1.43 bits per heavy atom. The maximum atomic E-state index is 12.8. The van der Waals surface area contributed by atoms with Gasteiger partial charge in [0.15, 0.2) is 0 Å². The molecule has 3 rings (SSSR count). The molecule has 5 heteroatoms. The number of carbonyl (C=O) groups is 1. The number of hydrogen-bond donors (Lipinski definition) is 1. The summed E-state index contributed by atoms with van der Waals surface area (Å²) in [4.78, 5) is 14.6. The van der Waals surface area contributed by atoms with Crippen LogP contribution in [0.4, 0.5) is 5.69 Å². The minimum absolute atomic E-state index is 0.0719. The zero-order valence-corrected chi connectivity index (χ0v) is 12.6. The van der Waals surface area contributed by atoms with E-state index in [0.29, 0.717) is 17.1 Å². The van der Waals surface area contributed by atoms with E-state index in [9.17, 15) is 4.79 Å². The number of nitrogen functional groups attached to an aromatic ring is 1. The lowest BCUT2D eigenvalue weighted by atomic mass is 10.1. The second-order valence-corrected chi connectivity index (χ2v) is 5.64. The average molecular weight is 284 g/mol. The van der Waals surface area contributed by atoms with Gasteiger partial charge in [0.25, 0.3) is 5.91 Å². The smallest absolute Gasteiger partial charge is 0.274 e. The van der Waals surface area contributed by atoms with E-state index in [1.54, 1.807) is 16.6 Å². The van der Waals surface area contributed by atoms with Crippen LogP contribution in [0.15, 0.2) is 24.3 Å². The van der Waals surface area contributed by atoms with Crippen molar-refractivity contribution in [3.63, 3.8) is 0 Å². The highest BCUT2D eigenvalue weighted by Crippen LogP contribution is 2.35. The van der Waals surface area contributed by atoms with E-state index in [1.807, 2.05) is 26.1 Å². The predicted molar refractivity (Wildman–Crippen MR) is 82.0 cm³/mol. The Balaban J connectivity index is 1.93. The van der Waals surface area contributed by atoms with Gasteiger partial charge in [0, 0.05) is 14.1 Å². The molecule has 0 saturated carbocycles. The van der Waals surface area contributed by atoms with E-state index in [2.05, 4.69) is 17.2 Å². The molecule has 0 saturated heterocycles. The van der Waals surface area contributed by atoms with E-state index in [-0.39, 0.29) is 11.9 Å². The first-order valence-corrected chi connectivity index (χ1v) is 7.14. The number of anilines is 1. The summed E-state index contributed by atoms with van der Waals surface area (Å²) >= 11 is 0. The number of amides is 1. The summed E-state index contributed by atoms with van der Waals surface area (Å²) in [6.07, 6.45) is 1.97. The van der Waals surface area contributed by atoms with E-state index < -0.39 is 0 Å². The Bertz CT molecular complexity index is 704. The van der Waals surface area contributed by atoms with Crippen LogP contribution >= 0.6 is 0 Å². The van der Waals surface area contributed by atoms with Gasteiger partial charge in [0.2, 0.25) is 0 Å². The number of aromatic nitrogens is 2. The van der Waals surface area contributed by atoms with Crippen molar-refractivity contribution in [1.29, 1.82) is 0 Å². The average Bonchev–Trinajstić information content (AvgIpc) is 2.99. The second kappa shape index (κ2) is 4.91. The van der Waals surface area contributed by atoms with Crippen LogP contribution in [0.25, 0.3) is 0 Å². The molecule has 1 aliphatic rings. The van der Waals surface area contributed by atoms with E-state index in [0.717, 1.165) is 12.8 Å². The lowest BCUT2D eigenvalue weighted by molar-refractivity contribution is 0.0720. The summed E-state index contributed by atoms with van der Waals surface area (Å²) < 4.78 is 1.57. The van der Waals surface area contributed by atoms with Crippen molar-refractivity contribution in [2.75, 3.05) is 12.8 Å². The monoisotopic (exact) mass is 284 g/mol. The van der Waals surface area contributed by atoms with Crippen LogP contribution in [0.3, 0.4) is 0 Å². The molecule has 0 radical (unpaired) electrons. The van der Waals surface area contributed by atoms with Crippen LogP contribution in [-0.2, 0) is 13.5 Å². The summed E-state index contributed by atoms with van der Waals surface area (Å²) in [6, 6.07) is 8.43. The zero-order chi connectivity index (χ0) is 15.1. The molecule has 2 N–H and O–H groups in total. The van der Waals surface area contributed by atoms with Gasteiger partial charge < -0.3 is 10.6 Å². The first kappa shape index (κ1) is 13.7. The van der Waals surface area contributed by atoms with Crippen LogP contribution in [0, 0.1) is 6.92 Å². The molecular formula is C16H20N4O. The van der Waals surface area contributed by atoms with Gasteiger partial charge in [-0.15, -0.1) is 0 Å². The van der Waals surface area contributed by atoms with Crippen LogP contribution in [0.5, 0.6) is 0 Å². The SMILES string of the molecule is Cc1nn(C)c(C(=O)N(C)C2CCc3ccccc32)c1N. The number of aryl methyl sites for hydroxylation is 3. The van der Waals surface area contributed by atoms with Crippen molar-refractivity contribution < 1.29 is 4.79 Å². The largest absolute Gasteiger partial charge is 0.395 e. The van der Waals surface area contributed by atoms with Gasteiger partial charge in [-0.3, -0.25) is 9.48 Å². The minimum atomic E-state index is -0.0719. The molecule has 0 spiro atoms. The lowest BCUT2D eigenvalue weighted by Gasteiger charge is -2.25. The van der Waals surface area contributed by atoms with Gasteiger partial charge in [-0.1, -0.05) is 24.3 Å². The highest BCUT2D eigenvalue weighted by molar-refractivity contribution is 5.98. The lowest BCUT2D eigenvalue weighted by Crippen LogP contribution is -2.32. The van der Waals surface area contributed by atoms with Gasteiger partial charge in [-0.05, 0) is 30.9 Å². The van der Waals surface area contributed by atoms with Gasteiger partial charge >= 0.3 is 0 Å². The third-order valence-corrected chi connectivity index (χ3v) is 4.36. The summed E-state index contributed by atoms with van der Waals surface area (Å²) in [5, 5.41) is 4.23. The van der Waals surface area contributed by atoms with Gasteiger partial charge in [-0.25, -0.2) is 0 Å². The molecular weight excluding hydrogens is 264 g/mol. The Hall–Kier alpha value is -2.30. The first-order chi connectivity index (χ1) is 10.0. The first-order valence-electron chi connectivity index (χ1n) is 7.14. The highest BCUT2D eigenvalue weighted by Gasteiger charge is 2.31. The molecule has 1 amide bonds. The summed E-state index contributed by atoms with van der Waals surface area (Å²) in [7, 11) is 3.60. The van der Waals surface area contributed by atoms with Gasteiger partial charge in [0.05, 0.1) is 17.4 Å². The molecule has 2 aromatic rings. The molecule has 1 aromatic carbocycles. The molecule has 1 unspecified atom stereocenters. The van der Waals surface area contributed by atoms with Gasteiger partial charge in [0.1, 0.15) is 5.69 Å². The molecule has 110 valence electrons. The Morgan fingerprint density at radius 2 is 2.14 bits per heavy atom. The van der Waals surface area contributed by atoms with Crippen molar-refractivity contribution in [3.05, 3.63) is 46.8 Å². The normalized spacial score (nSPS) is 16.8. The number of hydrogen-bond acceptors (Lipinski definition) is 3. The number of nitrogens with two attached hydrogens (primary N) is 1. The fourth-order valence-corrected chi connectivity index (χ4v) is 3.17. The van der Waals surface area contributed by atoms with Crippen LogP contribution in [0.2, 0.25) is 0 Å². The van der Waals surface area contributed by atoms with E-state index in [4.69, 9.17) is 5.73 Å². The molecule has 1 atom stereocenters. The fourth-order valence-electron chi connectivity index (χ4n) is 3.17. The maximum absolute atomic E-state index is 12.8. The molecule has 1 heterocycles. The number of carbonyl (C=O) groups excluding carboxylic acids is 1. The van der Waals surface area contributed by atoms with Crippen molar-refractivity contribution in [2.24, 2.45) is 7.05 Å². The third-order valence-electron chi connectivity index (χ3n) is 4.36. The summed E-state index contributed by atoms with van der Waals surface area (Å²) in [5.74, 6) is -0.0719. The second-order valence-electron chi connectivity index (χ2n) is 5.64. The molecule has 1 aliphatic carbocycles. The van der Waals surface area contributed by atoms with Crippen molar-refractivity contribution in [1.82, 2.24) is 14.7 Å². The fraction of sp³-hybridized carbons (Fsp3) is 0.375. The van der Waals surface area contributed by atoms with E-state index in [1.165, 1.54) is 11.1 Å². The van der Waals surface area contributed by atoms with Gasteiger partial charge in [-0.2, -0.15) is 5.10 Å². The summed E-state index contributed by atoms with van der Waals surface area (Å²) in [5.41, 5.74) is 10.2. The number of fused-ring (bicyclic) bond motifs is 1. The van der Waals surface area contributed by atoms with Crippen molar-refractivity contribution >= 4 is 11.6 Å². The third kappa shape index (κ3) is 2.09. The maximum Gasteiger partial charge on any atom is 0.274 e. The Kier molecular flexibility index (Phi) is 3.20. The highest BCUT2D eigenvalue weighted by atomic mass is 16.2. The van der Waals surface area contributed by atoms with Crippen molar-refractivity contribution in [3.8, 4) is 0 Å². The minimum Gasteiger partial charge on any atom is -0.395 e. The quantitative estimate of drug-likeness (QED) is 0.918. The number of benzene rings is 1. The topological polar surface area (TPSA) is 64.2 Å². The Morgan fingerprint density at radius 3 is 2.81 bits per heavy atom. The zero-order valence-electron chi connectivity index (χ0n) is 12.6. The molecule has 21 heavy (non-hydrogen) atoms. The molecule has 0 fully saturated rings. The van der Waals surface area contributed by atoms with Crippen LogP contribution in [-0.4, -0.2) is 27.6 Å². The molecule has 1 aromatic heterocycles. The van der Waals surface area contributed by atoms with E-state index >= 15 is 0 Å². The Labute approximate surface area is 124 Å².